The standard InChI is InChI=1S/C8H15N3S/c1-2-12-7-3-5-11-6-4-8(9)10-11/h4,6H,2-3,5,7H2,1H3,(H2,9,10). The first-order valence-corrected chi connectivity index (χ1v) is 5.35. The number of anilines is 1. The van der Waals surface area contributed by atoms with Crippen LogP contribution < -0.4 is 5.73 Å². The number of hydrogen-bond donors (Lipinski definition) is 1. The highest BCUT2D eigenvalue weighted by atomic mass is 32.2. The second-order valence-corrected chi connectivity index (χ2v) is 3.95. The molecule has 0 radical (unpaired) electrons. The van der Waals surface area contributed by atoms with Gasteiger partial charge >= 0.3 is 0 Å². The highest BCUT2D eigenvalue weighted by Gasteiger charge is 1.93. The molecule has 0 aliphatic heterocycles. The Morgan fingerprint density at radius 2 is 2.50 bits per heavy atom. The van der Waals surface area contributed by atoms with Crippen molar-refractivity contribution < 1.29 is 0 Å². The first kappa shape index (κ1) is 9.45. The predicted molar refractivity (Wildman–Crippen MR) is 54.3 cm³/mol. The van der Waals surface area contributed by atoms with E-state index in [1.54, 1.807) is 0 Å². The first-order chi connectivity index (χ1) is 5.83. The summed E-state index contributed by atoms with van der Waals surface area (Å²) >= 11 is 1.96. The van der Waals surface area contributed by atoms with Gasteiger partial charge in [-0.25, -0.2) is 0 Å². The van der Waals surface area contributed by atoms with Gasteiger partial charge in [0.05, 0.1) is 0 Å². The van der Waals surface area contributed by atoms with Crippen molar-refractivity contribution in [2.45, 2.75) is 19.9 Å². The maximum absolute atomic E-state index is 5.47. The Kier molecular flexibility index (Phi) is 4.00. The van der Waals surface area contributed by atoms with Crippen LogP contribution in [0.2, 0.25) is 0 Å². The van der Waals surface area contributed by atoms with Crippen LogP contribution in [0.3, 0.4) is 0 Å². The molecule has 0 unspecified atom stereocenters. The largest absolute Gasteiger partial charge is 0.382 e. The van der Waals surface area contributed by atoms with Crippen LogP contribution in [-0.2, 0) is 6.54 Å². The highest BCUT2D eigenvalue weighted by molar-refractivity contribution is 7.99. The third-order valence-corrected chi connectivity index (χ3v) is 2.53. The van der Waals surface area contributed by atoms with Gasteiger partial charge in [0, 0.05) is 12.7 Å². The van der Waals surface area contributed by atoms with E-state index in [0.29, 0.717) is 5.82 Å². The lowest BCUT2D eigenvalue weighted by molar-refractivity contribution is 0.608. The van der Waals surface area contributed by atoms with E-state index < -0.39 is 0 Å². The van der Waals surface area contributed by atoms with Gasteiger partial charge in [-0.05, 0) is 24.0 Å². The minimum absolute atomic E-state index is 0.609. The van der Waals surface area contributed by atoms with Crippen molar-refractivity contribution in [1.82, 2.24) is 9.78 Å². The molecule has 1 aromatic heterocycles. The quantitative estimate of drug-likeness (QED) is 0.709. The Morgan fingerprint density at radius 3 is 3.08 bits per heavy atom. The third kappa shape index (κ3) is 3.17. The van der Waals surface area contributed by atoms with Crippen LogP contribution in [0.5, 0.6) is 0 Å². The van der Waals surface area contributed by atoms with E-state index >= 15 is 0 Å². The molecule has 4 heteroatoms. The monoisotopic (exact) mass is 185 g/mol. The molecule has 2 N–H and O–H groups in total. The molecular weight excluding hydrogens is 170 g/mol. The maximum atomic E-state index is 5.47. The molecule has 0 atom stereocenters. The number of hydrogen-bond acceptors (Lipinski definition) is 3. The third-order valence-electron chi connectivity index (χ3n) is 1.54. The summed E-state index contributed by atoms with van der Waals surface area (Å²) in [5, 5.41) is 4.09. The topological polar surface area (TPSA) is 43.8 Å². The van der Waals surface area contributed by atoms with E-state index in [0.717, 1.165) is 6.54 Å². The number of nitrogens with two attached hydrogens (primary N) is 1. The lowest BCUT2D eigenvalue weighted by Crippen LogP contribution is -2.00. The summed E-state index contributed by atoms with van der Waals surface area (Å²) < 4.78 is 1.89. The Bertz CT molecular complexity index is 222. The van der Waals surface area contributed by atoms with E-state index in [9.17, 15) is 0 Å². The van der Waals surface area contributed by atoms with Crippen molar-refractivity contribution in [3.05, 3.63) is 12.3 Å². The van der Waals surface area contributed by atoms with Gasteiger partial charge in [-0.2, -0.15) is 16.9 Å². The number of rotatable bonds is 5. The Morgan fingerprint density at radius 1 is 1.67 bits per heavy atom. The summed E-state index contributed by atoms with van der Waals surface area (Å²) in [7, 11) is 0. The van der Waals surface area contributed by atoms with Crippen LogP contribution in [0.25, 0.3) is 0 Å². The maximum Gasteiger partial charge on any atom is 0.145 e. The van der Waals surface area contributed by atoms with Gasteiger partial charge in [-0.1, -0.05) is 6.92 Å². The minimum Gasteiger partial charge on any atom is -0.382 e. The molecule has 1 heterocycles. The van der Waals surface area contributed by atoms with Crippen LogP contribution in [0.1, 0.15) is 13.3 Å². The number of aromatic nitrogens is 2. The van der Waals surface area contributed by atoms with Crippen LogP contribution in [-0.4, -0.2) is 21.3 Å². The molecule has 0 amide bonds. The van der Waals surface area contributed by atoms with Crippen molar-refractivity contribution in [1.29, 1.82) is 0 Å². The van der Waals surface area contributed by atoms with Crippen molar-refractivity contribution >= 4 is 17.6 Å². The molecule has 3 nitrogen and oxygen atoms in total. The summed E-state index contributed by atoms with van der Waals surface area (Å²) in [6.07, 6.45) is 3.09. The van der Waals surface area contributed by atoms with Crippen molar-refractivity contribution in [3.8, 4) is 0 Å². The minimum atomic E-state index is 0.609. The number of nitrogens with zero attached hydrogens (tertiary/aromatic N) is 2. The van der Waals surface area contributed by atoms with Gasteiger partial charge in [0.15, 0.2) is 0 Å². The lowest BCUT2D eigenvalue weighted by Gasteiger charge is -1.99. The molecule has 68 valence electrons. The average molecular weight is 185 g/mol. The van der Waals surface area contributed by atoms with Crippen LogP contribution in [0.4, 0.5) is 5.82 Å². The Balaban J connectivity index is 2.15. The van der Waals surface area contributed by atoms with Gasteiger partial charge < -0.3 is 5.73 Å². The van der Waals surface area contributed by atoms with Gasteiger partial charge in [0.25, 0.3) is 0 Å². The van der Waals surface area contributed by atoms with Crippen LogP contribution in [0.15, 0.2) is 12.3 Å². The summed E-state index contributed by atoms with van der Waals surface area (Å²) in [5.74, 6) is 3.01. The van der Waals surface area contributed by atoms with E-state index in [-0.39, 0.29) is 0 Å². The summed E-state index contributed by atoms with van der Waals surface area (Å²) in [5.41, 5.74) is 5.47. The van der Waals surface area contributed by atoms with Crippen molar-refractivity contribution in [2.24, 2.45) is 0 Å². The predicted octanol–water partition coefficient (Wildman–Crippen LogP) is 1.61. The second kappa shape index (κ2) is 5.09. The van der Waals surface area contributed by atoms with Crippen LogP contribution in [0, 0.1) is 0 Å². The molecule has 1 rings (SSSR count). The molecule has 0 aliphatic carbocycles. The first-order valence-electron chi connectivity index (χ1n) is 4.19. The Hall–Kier alpha value is -0.640. The molecule has 0 bridgehead atoms. The highest BCUT2D eigenvalue weighted by Crippen LogP contribution is 2.03. The zero-order valence-corrected chi connectivity index (χ0v) is 8.18. The van der Waals surface area contributed by atoms with Gasteiger partial charge in [0.2, 0.25) is 0 Å². The Labute approximate surface area is 77.3 Å². The number of aryl methyl sites for hydroxylation is 1. The van der Waals surface area contributed by atoms with E-state index in [4.69, 9.17) is 5.73 Å². The fourth-order valence-electron chi connectivity index (χ4n) is 0.975. The van der Waals surface area contributed by atoms with E-state index in [1.807, 2.05) is 28.7 Å². The fraction of sp³-hybridized carbons (Fsp3) is 0.625. The van der Waals surface area contributed by atoms with Crippen LogP contribution >= 0.6 is 11.8 Å². The van der Waals surface area contributed by atoms with Gasteiger partial charge in [-0.3, -0.25) is 4.68 Å². The van der Waals surface area contributed by atoms with E-state index in [1.165, 1.54) is 17.9 Å². The van der Waals surface area contributed by atoms with Gasteiger partial charge in [0.1, 0.15) is 5.82 Å². The zero-order valence-electron chi connectivity index (χ0n) is 7.36. The molecule has 0 saturated heterocycles. The van der Waals surface area contributed by atoms with E-state index in [2.05, 4.69) is 12.0 Å². The molecule has 0 aliphatic rings. The number of nitrogen functional groups attached to an aromatic ring is 1. The molecule has 12 heavy (non-hydrogen) atoms. The van der Waals surface area contributed by atoms with Crippen molar-refractivity contribution in [3.63, 3.8) is 0 Å². The summed E-state index contributed by atoms with van der Waals surface area (Å²) in [6.45, 7) is 3.15. The molecule has 0 aromatic carbocycles. The molecule has 0 saturated carbocycles. The zero-order chi connectivity index (χ0) is 8.81. The summed E-state index contributed by atoms with van der Waals surface area (Å²) in [4.78, 5) is 0. The fourth-order valence-corrected chi connectivity index (χ4v) is 1.60. The van der Waals surface area contributed by atoms with Gasteiger partial charge in [-0.15, -0.1) is 0 Å². The molecule has 0 spiro atoms. The lowest BCUT2D eigenvalue weighted by atomic mass is 10.5. The summed E-state index contributed by atoms with van der Waals surface area (Å²) in [6, 6.07) is 1.83. The smallest absolute Gasteiger partial charge is 0.145 e. The molecular formula is C8H15N3S. The number of thioether (sulfide) groups is 1. The average Bonchev–Trinajstić information content (AvgIpc) is 2.45. The van der Waals surface area contributed by atoms with Crippen molar-refractivity contribution in [2.75, 3.05) is 17.2 Å². The second-order valence-electron chi connectivity index (χ2n) is 2.55. The molecule has 1 aromatic rings. The molecule has 0 fully saturated rings. The normalized spacial score (nSPS) is 10.4. The SMILES string of the molecule is CCSCCCn1ccc(N)n1.